The normalized spacial score (nSPS) is 23.2. The Morgan fingerprint density at radius 1 is 1.20 bits per heavy atom. The maximum Gasteiger partial charge on any atom is 0.317 e. The van der Waals surface area contributed by atoms with Crippen molar-refractivity contribution in [3.05, 3.63) is 0 Å². The van der Waals surface area contributed by atoms with E-state index < -0.39 is 0 Å². The Morgan fingerprint density at radius 2 is 2.00 bits per heavy atom. The molecule has 0 spiro atoms. The summed E-state index contributed by atoms with van der Waals surface area (Å²) < 4.78 is 0. The standard InChI is InChI=1S/C10H20N4O/c15-10-11-4-8-13(10)9-5-12-14-6-2-1-3-7-14/h12H,1-9H2,(H,11,15). The third kappa shape index (κ3) is 3.07. The van der Waals surface area contributed by atoms with Gasteiger partial charge in [-0.3, -0.25) is 5.43 Å². The van der Waals surface area contributed by atoms with Gasteiger partial charge in [-0.1, -0.05) is 6.42 Å². The van der Waals surface area contributed by atoms with Gasteiger partial charge in [-0.25, -0.2) is 9.80 Å². The third-order valence-corrected chi connectivity index (χ3v) is 3.02. The minimum atomic E-state index is 0.0791. The predicted molar refractivity (Wildman–Crippen MR) is 58.4 cm³/mol. The number of nitrogens with one attached hydrogen (secondary N) is 2. The predicted octanol–water partition coefficient (Wildman–Crippen LogP) is 0.00210. The van der Waals surface area contributed by atoms with E-state index in [0.29, 0.717) is 0 Å². The Morgan fingerprint density at radius 3 is 2.67 bits per heavy atom. The summed E-state index contributed by atoms with van der Waals surface area (Å²) in [6, 6.07) is 0.0791. The highest BCUT2D eigenvalue weighted by molar-refractivity contribution is 5.76. The first kappa shape index (κ1) is 10.7. The maximum absolute atomic E-state index is 11.2. The van der Waals surface area contributed by atoms with Gasteiger partial charge < -0.3 is 10.2 Å². The van der Waals surface area contributed by atoms with E-state index in [4.69, 9.17) is 0 Å². The first-order chi connectivity index (χ1) is 7.36. The molecule has 0 radical (unpaired) electrons. The second-order valence-electron chi connectivity index (χ2n) is 4.17. The molecule has 15 heavy (non-hydrogen) atoms. The lowest BCUT2D eigenvalue weighted by Gasteiger charge is -2.27. The monoisotopic (exact) mass is 212 g/mol. The fraction of sp³-hybridized carbons (Fsp3) is 0.900. The molecule has 86 valence electrons. The Balaban J connectivity index is 1.59. The zero-order valence-corrected chi connectivity index (χ0v) is 9.17. The van der Waals surface area contributed by atoms with Gasteiger partial charge in [0.2, 0.25) is 0 Å². The molecule has 2 N–H and O–H groups in total. The second-order valence-corrected chi connectivity index (χ2v) is 4.17. The number of carbonyl (C=O) groups excluding carboxylic acids is 1. The number of carbonyl (C=O) groups is 1. The minimum absolute atomic E-state index is 0.0791. The molecule has 0 bridgehead atoms. The summed E-state index contributed by atoms with van der Waals surface area (Å²) in [5, 5.41) is 5.08. The van der Waals surface area contributed by atoms with Crippen LogP contribution in [0.1, 0.15) is 19.3 Å². The molecule has 0 aliphatic carbocycles. The SMILES string of the molecule is O=C1NCCN1CCNN1CCCCC1. The highest BCUT2D eigenvalue weighted by Crippen LogP contribution is 2.05. The fourth-order valence-electron chi connectivity index (χ4n) is 2.12. The summed E-state index contributed by atoms with van der Waals surface area (Å²) >= 11 is 0. The third-order valence-electron chi connectivity index (χ3n) is 3.02. The van der Waals surface area contributed by atoms with E-state index in [-0.39, 0.29) is 6.03 Å². The fourth-order valence-corrected chi connectivity index (χ4v) is 2.12. The van der Waals surface area contributed by atoms with Crippen molar-refractivity contribution in [2.75, 3.05) is 39.3 Å². The van der Waals surface area contributed by atoms with E-state index in [1.165, 1.54) is 19.3 Å². The van der Waals surface area contributed by atoms with Crippen LogP contribution in [-0.2, 0) is 0 Å². The molecule has 2 aliphatic rings. The molecular weight excluding hydrogens is 192 g/mol. The van der Waals surface area contributed by atoms with E-state index in [9.17, 15) is 4.79 Å². The van der Waals surface area contributed by atoms with Gasteiger partial charge in [0.05, 0.1) is 0 Å². The second kappa shape index (κ2) is 5.32. The van der Waals surface area contributed by atoms with E-state index >= 15 is 0 Å². The number of hydrogen-bond donors (Lipinski definition) is 2. The van der Waals surface area contributed by atoms with Crippen molar-refractivity contribution in [1.29, 1.82) is 0 Å². The van der Waals surface area contributed by atoms with Crippen LogP contribution in [0.3, 0.4) is 0 Å². The number of hydrogen-bond acceptors (Lipinski definition) is 3. The van der Waals surface area contributed by atoms with Crippen LogP contribution in [0.15, 0.2) is 0 Å². The van der Waals surface area contributed by atoms with Crippen LogP contribution in [0.2, 0.25) is 0 Å². The average Bonchev–Trinajstić information content (AvgIpc) is 2.66. The molecule has 2 amide bonds. The maximum atomic E-state index is 11.2. The Labute approximate surface area is 90.8 Å². The average molecular weight is 212 g/mol. The summed E-state index contributed by atoms with van der Waals surface area (Å²) in [7, 11) is 0. The van der Waals surface area contributed by atoms with Crippen LogP contribution >= 0.6 is 0 Å². The summed E-state index contributed by atoms with van der Waals surface area (Å²) in [4.78, 5) is 13.1. The number of amides is 2. The Kier molecular flexibility index (Phi) is 3.80. The molecule has 2 rings (SSSR count). The van der Waals surface area contributed by atoms with Crippen LogP contribution in [0.5, 0.6) is 0 Å². The van der Waals surface area contributed by atoms with E-state index in [2.05, 4.69) is 15.8 Å². The zero-order valence-electron chi connectivity index (χ0n) is 9.17. The number of rotatable bonds is 4. The topological polar surface area (TPSA) is 47.6 Å². The molecule has 0 aromatic heterocycles. The van der Waals surface area contributed by atoms with Crippen molar-refractivity contribution in [1.82, 2.24) is 20.7 Å². The largest absolute Gasteiger partial charge is 0.336 e. The van der Waals surface area contributed by atoms with Gasteiger partial charge >= 0.3 is 6.03 Å². The van der Waals surface area contributed by atoms with Crippen molar-refractivity contribution in [3.63, 3.8) is 0 Å². The van der Waals surface area contributed by atoms with E-state index in [1.54, 1.807) is 0 Å². The number of urea groups is 1. The molecular formula is C10H20N4O. The van der Waals surface area contributed by atoms with Crippen molar-refractivity contribution in [3.8, 4) is 0 Å². The van der Waals surface area contributed by atoms with Gasteiger partial charge in [-0.2, -0.15) is 0 Å². The van der Waals surface area contributed by atoms with Crippen molar-refractivity contribution >= 4 is 6.03 Å². The molecule has 5 nitrogen and oxygen atoms in total. The zero-order chi connectivity index (χ0) is 10.5. The minimum Gasteiger partial charge on any atom is -0.336 e. The van der Waals surface area contributed by atoms with E-state index in [1.807, 2.05) is 4.90 Å². The molecule has 0 unspecified atom stereocenters. The lowest BCUT2D eigenvalue weighted by atomic mass is 10.2. The summed E-state index contributed by atoms with van der Waals surface area (Å²) in [5.74, 6) is 0. The highest BCUT2D eigenvalue weighted by Gasteiger charge is 2.18. The van der Waals surface area contributed by atoms with Gasteiger partial charge in [0.25, 0.3) is 0 Å². The van der Waals surface area contributed by atoms with Crippen LogP contribution in [0, 0.1) is 0 Å². The van der Waals surface area contributed by atoms with Gasteiger partial charge in [0.15, 0.2) is 0 Å². The molecule has 2 saturated heterocycles. The lowest BCUT2D eigenvalue weighted by Crippen LogP contribution is -2.45. The van der Waals surface area contributed by atoms with Crippen LogP contribution in [0.4, 0.5) is 4.79 Å². The van der Waals surface area contributed by atoms with Crippen LogP contribution in [0.25, 0.3) is 0 Å². The lowest BCUT2D eigenvalue weighted by molar-refractivity contribution is 0.147. The summed E-state index contributed by atoms with van der Waals surface area (Å²) in [6.45, 7) is 5.61. The summed E-state index contributed by atoms with van der Waals surface area (Å²) in [6.07, 6.45) is 3.93. The van der Waals surface area contributed by atoms with Crippen molar-refractivity contribution in [2.45, 2.75) is 19.3 Å². The van der Waals surface area contributed by atoms with Gasteiger partial charge in [-0.05, 0) is 12.8 Å². The number of piperidine rings is 1. The molecule has 2 heterocycles. The molecule has 0 aromatic rings. The Hall–Kier alpha value is -0.810. The first-order valence-corrected chi connectivity index (χ1v) is 5.87. The first-order valence-electron chi connectivity index (χ1n) is 5.87. The van der Waals surface area contributed by atoms with Crippen LogP contribution < -0.4 is 10.7 Å². The van der Waals surface area contributed by atoms with Crippen molar-refractivity contribution < 1.29 is 4.79 Å². The molecule has 5 heteroatoms. The number of nitrogens with zero attached hydrogens (tertiary/aromatic N) is 2. The highest BCUT2D eigenvalue weighted by atomic mass is 16.2. The van der Waals surface area contributed by atoms with Crippen LogP contribution in [-0.4, -0.2) is 55.2 Å². The van der Waals surface area contributed by atoms with E-state index in [0.717, 1.165) is 39.3 Å². The quantitative estimate of drug-likeness (QED) is 0.689. The Bertz CT molecular complexity index is 215. The molecule has 0 saturated carbocycles. The van der Waals surface area contributed by atoms with Gasteiger partial charge in [-0.15, -0.1) is 0 Å². The molecule has 0 aromatic carbocycles. The summed E-state index contributed by atoms with van der Waals surface area (Å²) in [5.41, 5.74) is 3.38. The smallest absolute Gasteiger partial charge is 0.317 e. The van der Waals surface area contributed by atoms with Gasteiger partial charge in [0.1, 0.15) is 0 Å². The van der Waals surface area contributed by atoms with Crippen molar-refractivity contribution in [2.24, 2.45) is 0 Å². The molecule has 2 aliphatic heterocycles. The molecule has 0 atom stereocenters. The van der Waals surface area contributed by atoms with Gasteiger partial charge in [0, 0.05) is 39.3 Å². The number of hydrazine groups is 1. The molecule has 2 fully saturated rings.